The largest absolute Gasteiger partial charge is 0.416 e. The van der Waals surface area contributed by atoms with E-state index in [1.54, 1.807) is 30.3 Å². The van der Waals surface area contributed by atoms with Crippen LogP contribution in [0.5, 0.6) is 0 Å². The Kier molecular flexibility index (Phi) is 7.29. The summed E-state index contributed by atoms with van der Waals surface area (Å²) in [6, 6.07) is 14.8. The van der Waals surface area contributed by atoms with Crippen LogP contribution in [0, 0.1) is 0 Å². The van der Waals surface area contributed by atoms with Crippen LogP contribution in [0.4, 0.5) is 26.3 Å². The minimum atomic E-state index is -4.58. The summed E-state index contributed by atoms with van der Waals surface area (Å²) in [6.07, 6.45) is -9.15. The second-order valence-corrected chi connectivity index (χ2v) is 7.29. The first-order valence-electron chi connectivity index (χ1n) is 9.92. The van der Waals surface area contributed by atoms with Gasteiger partial charge in [0.15, 0.2) is 0 Å². The summed E-state index contributed by atoms with van der Waals surface area (Å²) in [4.78, 5) is 24.6. The first-order chi connectivity index (χ1) is 15.9. The molecule has 3 aromatic carbocycles. The second kappa shape index (κ2) is 9.98. The van der Waals surface area contributed by atoms with Crippen molar-refractivity contribution < 1.29 is 35.9 Å². The molecule has 0 saturated heterocycles. The molecule has 0 unspecified atom stereocenters. The van der Waals surface area contributed by atoms with Crippen LogP contribution in [0.2, 0.25) is 0 Å². The Labute approximate surface area is 190 Å². The number of hydrogen-bond donors (Lipinski definition) is 2. The van der Waals surface area contributed by atoms with Gasteiger partial charge >= 0.3 is 12.4 Å². The molecular formula is C24H18F6N2O2. The Morgan fingerprint density at radius 1 is 0.676 bits per heavy atom. The molecule has 178 valence electrons. The third-order valence-corrected chi connectivity index (χ3v) is 4.89. The summed E-state index contributed by atoms with van der Waals surface area (Å²) >= 11 is 0. The van der Waals surface area contributed by atoms with E-state index in [1.165, 1.54) is 0 Å². The first-order valence-corrected chi connectivity index (χ1v) is 9.92. The van der Waals surface area contributed by atoms with Gasteiger partial charge in [-0.2, -0.15) is 26.3 Å². The van der Waals surface area contributed by atoms with Gasteiger partial charge in [-0.05, 0) is 47.5 Å². The van der Waals surface area contributed by atoms with E-state index in [0.717, 1.165) is 48.5 Å². The fourth-order valence-electron chi connectivity index (χ4n) is 3.15. The number of carbonyl (C=O) groups is 2. The Balaban J connectivity index is 1.81. The van der Waals surface area contributed by atoms with E-state index in [9.17, 15) is 35.9 Å². The zero-order valence-electron chi connectivity index (χ0n) is 17.4. The van der Waals surface area contributed by atoms with E-state index in [2.05, 4.69) is 10.6 Å². The molecule has 10 heteroatoms. The lowest BCUT2D eigenvalue weighted by Gasteiger charge is -2.21. The van der Waals surface area contributed by atoms with Gasteiger partial charge in [0.05, 0.1) is 23.7 Å². The molecule has 4 nitrogen and oxygen atoms in total. The van der Waals surface area contributed by atoms with Crippen LogP contribution >= 0.6 is 0 Å². The normalized spacial score (nSPS) is 11.9. The minimum Gasteiger partial charge on any atom is -0.344 e. The summed E-state index contributed by atoms with van der Waals surface area (Å²) in [5.74, 6) is -1.20. The van der Waals surface area contributed by atoms with Gasteiger partial charge in [-0.1, -0.05) is 42.5 Å². The fourth-order valence-corrected chi connectivity index (χ4v) is 3.15. The number of amides is 2. The van der Waals surface area contributed by atoms with Crippen LogP contribution < -0.4 is 10.6 Å². The zero-order chi connectivity index (χ0) is 24.9. The Morgan fingerprint density at radius 3 is 1.53 bits per heavy atom. The van der Waals surface area contributed by atoms with Gasteiger partial charge in [0.25, 0.3) is 5.91 Å². The molecule has 0 aliphatic carbocycles. The maximum atomic E-state index is 12.9. The van der Waals surface area contributed by atoms with Crippen LogP contribution in [-0.2, 0) is 17.1 Å². The van der Waals surface area contributed by atoms with Crippen LogP contribution in [-0.4, -0.2) is 18.4 Å². The average molecular weight is 480 g/mol. The van der Waals surface area contributed by atoms with Crippen LogP contribution in [0.1, 0.15) is 38.7 Å². The number of nitrogens with one attached hydrogen (secondary N) is 2. The molecule has 34 heavy (non-hydrogen) atoms. The molecule has 0 saturated carbocycles. The van der Waals surface area contributed by atoms with Crippen molar-refractivity contribution in [2.75, 3.05) is 6.54 Å². The smallest absolute Gasteiger partial charge is 0.344 e. The van der Waals surface area contributed by atoms with E-state index in [1.807, 2.05) is 0 Å². The van der Waals surface area contributed by atoms with Crippen LogP contribution in [0.25, 0.3) is 0 Å². The Hall–Kier alpha value is -3.82. The Morgan fingerprint density at radius 2 is 1.12 bits per heavy atom. The van der Waals surface area contributed by atoms with Crippen molar-refractivity contribution in [2.24, 2.45) is 0 Å². The lowest BCUT2D eigenvalue weighted by atomic mass is 9.96. The predicted octanol–water partition coefficient (Wildman–Crippen LogP) is 5.36. The van der Waals surface area contributed by atoms with Crippen molar-refractivity contribution in [3.8, 4) is 0 Å². The van der Waals surface area contributed by atoms with Crippen molar-refractivity contribution in [3.05, 3.63) is 107 Å². The van der Waals surface area contributed by atoms with Crippen molar-refractivity contribution in [2.45, 2.75) is 18.4 Å². The number of benzene rings is 3. The molecule has 3 rings (SSSR count). The van der Waals surface area contributed by atoms with E-state index in [0.29, 0.717) is 5.56 Å². The summed E-state index contributed by atoms with van der Waals surface area (Å²) in [7, 11) is 0. The highest BCUT2D eigenvalue weighted by Gasteiger charge is 2.32. The van der Waals surface area contributed by atoms with E-state index < -0.39 is 47.9 Å². The lowest BCUT2D eigenvalue weighted by Crippen LogP contribution is -2.39. The highest BCUT2D eigenvalue weighted by atomic mass is 19.4. The van der Waals surface area contributed by atoms with Crippen molar-refractivity contribution >= 4 is 11.8 Å². The minimum absolute atomic E-state index is 0.218. The number of alkyl halides is 6. The first kappa shape index (κ1) is 24.8. The standard InChI is InChI=1S/C24H18F6N2O2/c25-23(26,27)18-10-6-15(7-11-18)21(16-8-12-19(13-9-16)24(28,29)30)32-20(33)14-31-22(34)17-4-2-1-3-5-17/h1-13,21H,14H2,(H,31,34)(H,32,33). The van der Waals surface area contributed by atoms with Gasteiger partial charge in [-0.15, -0.1) is 0 Å². The van der Waals surface area contributed by atoms with Crippen LogP contribution in [0.3, 0.4) is 0 Å². The van der Waals surface area contributed by atoms with Gasteiger partial charge < -0.3 is 10.6 Å². The van der Waals surface area contributed by atoms with Gasteiger partial charge in [0.2, 0.25) is 5.91 Å². The topological polar surface area (TPSA) is 58.2 Å². The molecule has 0 aliphatic heterocycles. The van der Waals surface area contributed by atoms with Crippen molar-refractivity contribution in [3.63, 3.8) is 0 Å². The molecule has 0 heterocycles. The molecule has 0 aliphatic rings. The van der Waals surface area contributed by atoms with E-state index >= 15 is 0 Å². The highest BCUT2D eigenvalue weighted by molar-refractivity contribution is 5.96. The van der Waals surface area contributed by atoms with E-state index in [4.69, 9.17) is 0 Å². The van der Waals surface area contributed by atoms with Gasteiger partial charge in [0, 0.05) is 5.56 Å². The maximum Gasteiger partial charge on any atom is 0.416 e. The number of rotatable bonds is 6. The number of carbonyl (C=O) groups excluding carboxylic acids is 2. The average Bonchev–Trinajstić information content (AvgIpc) is 2.80. The molecule has 0 radical (unpaired) electrons. The van der Waals surface area contributed by atoms with Gasteiger partial charge in [-0.25, -0.2) is 0 Å². The molecule has 0 aromatic heterocycles. The summed E-state index contributed by atoms with van der Waals surface area (Å²) in [6.45, 7) is -0.453. The van der Waals surface area contributed by atoms with Crippen molar-refractivity contribution in [1.82, 2.24) is 10.6 Å². The monoisotopic (exact) mass is 480 g/mol. The molecule has 0 atom stereocenters. The Bertz CT molecular complexity index is 1070. The molecule has 0 spiro atoms. The fraction of sp³-hybridized carbons (Fsp3) is 0.167. The SMILES string of the molecule is O=C(CNC(=O)c1ccccc1)NC(c1ccc(C(F)(F)F)cc1)c1ccc(C(F)(F)F)cc1. The van der Waals surface area contributed by atoms with Crippen LogP contribution in [0.15, 0.2) is 78.9 Å². The molecule has 2 N–H and O–H groups in total. The molecular weight excluding hydrogens is 462 g/mol. The van der Waals surface area contributed by atoms with Crippen molar-refractivity contribution in [1.29, 1.82) is 0 Å². The third-order valence-electron chi connectivity index (χ3n) is 4.89. The lowest BCUT2D eigenvalue weighted by molar-refractivity contribution is -0.138. The maximum absolute atomic E-state index is 12.9. The van der Waals surface area contributed by atoms with Gasteiger partial charge in [0.1, 0.15) is 0 Å². The highest BCUT2D eigenvalue weighted by Crippen LogP contribution is 2.33. The molecule has 3 aromatic rings. The molecule has 2 amide bonds. The van der Waals surface area contributed by atoms with Gasteiger partial charge in [-0.3, -0.25) is 9.59 Å². The molecule has 0 bridgehead atoms. The second-order valence-electron chi connectivity index (χ2n) is 7.29. The number of hydrogen-bond acceptors (Lipinski definition) is 2. The zero-order valence-corrected chi connectivity index (χ0v) is 17.4. The summed E-state index contributed by atoms with van der Waals surface area (Å²) in [5.41, 5.74) is -1.07. The van der Waals surface area contributed by atoms with E-state index in [-0.39, 0.29) is 11.1 Å². The summed E-state index contributed by atoms with van der Waals surface area (Å²) < 4.78 is 77.5. The predicted molar refractivity (Wildman–Crippen MR) is 112 cm³/mol. The third kappa shape index (κ3) is 6.37. The summed E-state index contributed by atoms with van der Waals surface area (Å²) in [5, 5.41) is 4.97. The molecule has 0 fully saturated rings. The quantitative estimate of drug-likeness (QED) is 0.467. The number of halogens is 6.